The van der Waals surface area contributed by atoms with E-state index in [2.05, 4.69) is 20.7 Å². The molecule has 0 aliphatic carbocycles. The molecule has 1 aromatic rings. The lowest BCUT2D eigenvalue weighted by atomic mass is 10.3. The van der Waals surface area contributed by atoms with Crippen LogP contribution in [0.2, 0.25) is 0 Å². The highest BCUT2D eigenvalue weighted by atomic mass is 127. The van der Waals surface area contributed by atoms with E-state index in [4.69, 9.17) is 4.74 Å². The standard InChI is InChI=1S/C10H9IN2O2/c11-7-4-8-15-10(14)13-12-9-5-2-1-3-6-9/h1-3,5-6,12H,8H2,(H,13,14). The first-order valence-electron chi connectivity index (χ1n) is 4.15. The number of halogens is 1. The molecule has 0 aromatic heterocycles. The molecule has 1 aromatic carbocycles. The highest BCUT2D eigenvalue weighted by molar-refractivity contribution is 14.1. The molecule has 0 heterocycles. The van der Waals surface area contributed by atoms with E-state index in [1.807, 2.05) is 52.9 Å². The van der Waals surface area contributed by atoms with E-state index in [9.17, 15) is 4.79 Å². The number of hydrogen-bond donors (Lipinski definition) is 2. The lowest BCUT2D eigenvalue weighted by molar-refractivity contribution is 0.162. The van der Waals surface area contributed by atoms with E-state index in [1.165, 1.54) is 0 Å². The van der Waals surface area contributed by atoms with E-state index >= 15 is 0 Å². The van der Waals surface area contributed by atoms with Gasteiger partial charge in [0.1, 0.15) is 0 Å². The third kappa shape index (κ3) is 5.12. The van der Waals surface area contributed by atoms with Crippen LogP contribution >= 0.6 is 22.6 Å². The molecule has 0 bridgehead atoms. The fourth-order valence-electron chi connectivity index (χ4n) is 0.810. The van der Waals surface area contributed by atoms with Gasteiger partial charge in [0.25, 0.3) is 0 Å². The molecular formula is C10H9IN2O2. The number of anilines is 1. The first-order chi connectivity index (χ1) is 7.33. The van der Waals surface area contributed by atoms with Gasteiger partial charge >= 0.3 is 6.09 Å². The van der Waals surface area contributed by atoms with Gasteiger partial charge < -0.3 is 4.74 Å². The monoisotopic (exact) mass is 316 g/mol. The number of para-hydroxylation sites is 1. The molecule has 2 N–H and O–H groups in total. The van der Waals surface area contributed by atoms with Crippen molar-refractivity contribution in [1.82, 2.24) is 5.43 Å². The van der Waals surface area contributed by atoms with Gasteiger partial charge in [0.2, 0.25) is 0 Å². The van der Waals surface area contributed by atoms with Crippen LogP contribution < -0.4 is 10.9 Å². The number of amides is 1. The van der Waals surface area contributed by atoms with Gasteiger partial charge in [-0.3, -0.25) is 5.43 Å². The maximum atomic E-state index is 11.0. The quantitative estimate of drug-likeness (QED) is 0.510. The maximum absolute atomic E-state index is 11.0. The number of hydrazine groups is 1. The van der Waals surface area contributed by atoms with Crippen molar-refractivity contribution in [2.24, 2.45) is 0 Å². The second-order valence-corrected chi connectivity index (χ2v) is 3.00. The van der Waals surface area contributed by atoms with E-state index in [0.717, 1.165) is 5.69 Å². The Kier molecular flexibility index (Phi) is 5.40. The van der Waals surface area contributed by atoms with E-state index in [-0.39, 0.29) is 6.61 Å². The zero-order chi connectivity index (χ0) is 10.9. The summed E-state index contributed by atoms with van der Waals surface area (Å²) in [4.78, 5) is 11.0. The van der Waals surface area contributed by atoms with Crippen LogP contribution in [0.5, 0.6) is 0 Å². The van der Waals surface area contributed by atoms with Gasteiger partial charge in [-0.2, -0.15) is 0 Å². The Morgan fingerprint density at radius 1 is 1.40 bits per heavy atom. The second kappa shape index (κ2) is 6.95. The Hall–Kier alpha value is -1.42. The third-order valence-corrected chi connectivity index (χ3v) is 1.81. The van der Waals surface area contributed by atoms with E-state index < -0.39 is 6.09 Å². The van der Waals surface area contributed by atoms with Crippen LogP contribution in [0, 0.1) is 9.85 Å². The summed E-state index contributed by atoms with van der Waals surface area (Å²) in [6, 6.07) is 9.25. The van der Waals surface area contributed by atoms with Gasteiger partial charge in [-0.05, 0) is 16.1 Å². The van der Waals surface area contributed by atoms with Crippen molar-refractivity contribution in [3.8, 4) is 9.85 Å². The van der Waals surface area contributed by atoms with Gasteiger partial charge in [0.05, 0.1) is 5.69 Å². The highest BCUT2D eigenvalue weighted by Crippen LogP contribution is 2.02. The molecule has 78 valence electrons. The zero-order valence-corrected chi connectivity index (χ0v) is 9.95. The average molecular weight is 316 g/mol. The molecule has 0 spiro atoms. The number of benzene rings is 1. The molecule has 0 aliphatic heterocycles. The molecule has 4 nitrogen and oxygen atoms in total. The Morgan fingerprint density at radius 3 is 2.80 bits per heavy atom. The van der Waals surface area contributed by atoms with E-state index in [1.54, 1.807) is 0 Å². The van der Waals surface area contributed by atoms with Crippen LogP contribution in [-0.2, 0) is 4.74 Å². The lowest BCUT2D eigenvalue weighted by Crippen LogP contribution is -2.30. The molecule has 0 saturated carbocycles. The summed E-state index contributed by atoms with van der Waals surface area (Å²) in [5.41, 5.74) is 5.86. The minimum atomic E-state index is -0.557. The van der Waals surface area contributed by atoms with Gasteiger partial charge in [-0.25, -0.2) is 10.2 Å². The van der Waals surface area contributed by atoms with Crippen molar-refractivity contribution in [3.63, 3.8) is 0 Å². The summed E-state index contributed by atoms with van der Waals surface area (Å²) in [5, 5.41) is 0. The number of hydrogen-bond acceptors (Lipinski definition) is 3. The van der Waals surface area contributed by atoms with Gasteiger partial charge in [0.15, 0.2) is 6.61 Å². The number of carbonyl (C=O) groups excluding carboxylic acids is 1. The highest BCUT2D eigenvalue weighted by Gasteiger charge is 1.98. The molecule has 0 fully saturated rings. The maximum Gasteiger partial charge on any atom is 0.426 e. The van der Waals surface area contributed by atoms with Gasteiger partial charge in [-0.1, -0.05) is 24.1 Å². The Morgan fingerprint density at radius 2 is 2.13 bits per heavy atom. The SMILES string of the molecule is O=C(NNc1ccccc1)OCC#CI. The molecule has 0 atom stereocenters. The zero-order valence-electron chi connectivity index (χ0n) is 7.79. The summed E-state index contributed by atoms with van der Waals surface area (Å²) in [6.45, 7) is 0.0885. The van der Waals surface area contributed by atoms with Crippen molar-refractivity contribution < 1.29 is 9.53 Å². The van der Waals surface area contributed by atoms with Crippen molar-refractivity contribution in [2.45, 2.75) is 0 Å². The predicted octanol–water partition coefficient (Wildman–Crippen LogP) is 2.14. The van der Waals surface area contributed by atoms with Crippen LogP contribution in [0.25, 0.3) is 0 Å². The minimum absolute atomic E-state index is 0.0885. The fraction of sp³-hybridized carbons (Fsp3) is 0.100. The van der Waals surface area contributed by atoms with Gasteiger partial charge in [0, 0.05) is 22.6 Å². The molecule has 0 saturated heterocycles. The Labute approximate surface area is 101 Å². The number of nitrogens with one attached hydrogen (secondary N) is 2. The summed E-state index contributed by atoms with van der Waals surface area (Å²) in [6.07, 6.45) is -0.557. The lowest BCUT2D eigenvalue weighted by Gasteiger charge is -2.06. The molecule has 1 rings (SSSR count). The number of rotatable bonds is 3. The fourth-order valence-corrected chi connectivity index (χ4v) is 0.965. The summed E-state index contributed by atoms with van der Waals surface area (Å²) < 4.78 is 7.30. The van der Waals surface area contributed by atoms with Crippen LogP contribution in [0.4, 0.5) is 10.5 Å². The summed E-state index contributed by atoms with van der Waals surface area (Å²) in [7, 11) is 0. The minimum Gasteiger partial charge on any atom is -0.435 e. The Bertz CT molecular complexity index is 370. The third-order valence-electron chi connectivity index (χ3n) is 1.42. The van der Waals surface area contributed by atoms with Crippen molar-refractivity contribution in [3.05, 3.63) is 30.3 Å². The largest absolute Gasteiger partial charge is 0.435 e. The second-order valence-electron chi connectivity index (χ2n) is 2.46. The van der Waals surface area contributed by atoms with Gasteiger partial charge in [-0.15, -0.1) is 0 Å². The normalized spacial score (nSPS) is 8.33. The predicted molar refractivity (Wildman–Crippen MR) is 66.3 cm³/mol. The molecule has 0 unspecified atom stereocenters. The van der Waals surface area contributed by atoms with Crippen LogP contribution in [0.15, 0.2) is 30.3 Å². The van der Waals surface area contributed by atoms with Crippen LogP contribution in [-0.4, -0.2) is 12.7 Å². The summed E-state index contributed by atoms with van der Waals surface area (Å²) >= 11 is 1.88. The van der Waals surface area contributed by atoms with Crippen LogP contribution in [0.3, 0.4) is 0 Å². The molecular weight excluding hydrogens is 307 g/mol. The molecule has 1 amide bonds. The topological polar surface area (TPSA) is 50.4 Å². The molecule has 0 radical (unpaired) electrons. The molecule has 0 aliphatic rings. The average Bonchev–Trinajstić information content (AvgIpc) is 2.28. The molecule has 5 heteroatoms. The summed E-state index contributed by atoms with van der Waals surface area (Å²) in [5.74, 6) is 2.60. The first kappa shape index (κ1) is 11.7. The smallest absolute Gasteiger partial charge is 0.426 e. The number of carbonyl (C=O) groups is 1. The molecule has 15 heavy (non-hydrogen) atoms. The van der Waals surface area contributed by atoms with Crippen molar-refractivity contribution >= 4 is 34.4 Å². The number of ether oxygens (including phenoxy) is 1. The van der Waals surface area contributed by atoms with Crippen LogP contribution in [0.1, 0.15) is 0 Å². The first-order valence-corrected chi connectivity index (χ1v) is 5.23. The van der Waals surface area contributed by atoms with Crippen molar-refractivity contribution in [1.29, 1.82) is 0 Å². The Balaban J connectivity index is 2.24. The van der Waals surface area contributed by atoms with Crippen molar-refractivity contribution in [2.75, 3.05) is 12.0 Å². The van der Waals surface area contributed by atoms with E-state index in [0.29, 0.717) is 0 Å².